The Kier molecular flexibility index (Phi) is 22.4. The minimum Gasteiger partial charge on any atom is -0.444 e. The highest BCUT2D eigenvalue weighted by atomic mass is 32.2. The van der Waals surface area contributed by atoms with Crippen molar-refractivity contribution in [2.24, 2.45) is 11.8 Å². The van der Waals surface area contributed by atoms with Crippen LogP contribution in [0.15, 0.2) is 119 Å². The van der Waals surface area contributed by atoms with Crippen molar-refractivity contribution in [3.05, 3.63) is 120 Å². The summed E-state index contributed by atoms with van der Waals surface area (Å²) in [5, 5.41) is 5.40. The summed E-state index contributed by atoms with van der Waals surface area (Å²) >= 11 is 0. The zero-order valence-electron chi connectivity index (χ0n) is 43.4. The van der Waals surface area contributed by atoms with Crippen molar-refractivity contribution in [3.8, 4) is 0 Å². The Morgan fingerprint density at radius 2 is 0.935 bits per heavy atom. The Morgan fingerprint density at radius 1 is 0.584 bits per heavy atom. The van der Waals surface area contributed by atoms with E-state index in [-0.39, 0.29) is 72.1 Å². The summed E-state index contributed by atoms with van der Waals surface area (Å²) in [6, 6.07) is 25.1. The van der Waals surface area contributed by atoms with Crippen molar-refractivity contribution < 1.29 is 78.3 Å². The van der Waals surface area contributed by atoms with Crippen LogP contribution in [0.1, 0.15) is 51.7 Å². The summed E-state index contributed by atoms with van der Waals surface area (Å²) in [6.45, 7) is 6.10. The molecule has 4 aromatic carbocycles. The normalized spacial score (nSPS) is 18.1. The molecule has 2 aliphatic heterocycles. The standard InChI is InChI=1S/C50H70N6O17P2S2/c1-35(2)29-55(76(63,64)43-19-15-39(51)16-20-43)31-47(45(27-37-11-7-5-8-12-37)53-49(57)69-41-23-25-67-33-41)71-74(59,60)73-75(61,62)72-48(32-56(30-36(3)4)77(65,66)44-21-17-40(52)18-22-44)46(28-38-13-9-6-10-14-38)54-50(58)70-42-24-26-68-34-42/h5-22,35-36,41-42,45-48,59-62H,23-34,51-52H2,1-4H3/p+2/t41-,42-,45-,46-,47-,48+/m0/s1. The highest BCUT2D eigenvalue weighted by Gasteiger charge is 2.64. The number of anilines is 2. The number of ether oxygens (including phenoxy) is 4. The first-order chi connectivity index (χ1) is 36.4. The zero-order chi connectivity index (χ0) is 56.0. The van der Waals surface area contributed by atoms with Gasteiger partial charge in [-0.05, 0) is 84.3 Å². The fourth-order valence-electron chi connectivity index (χ4n) is 8.51. The maximum absolute atomic E-state index is 14.5. The topological polar surface area (TPSA) is 331 Å². The smallest absolute Gasteiger partial charge is 0.444 e. The first-order valence-corrected chi connectivity index (χ1v) is 31.0. The number of nitrogens with two attached hydrogens (primary N) is 2. The van der Waals surface area contributed by atoms with Gasteiger partial charge in [0.15, 0.2) is 0 Å². The fourth-order valence-corrected chi connectivity index (χ4v) is 14.3. The molecule has 77 heavy (non-hydrogen) atoms. The Hall–Kier alpha value is -4.66. The molecule has 0 saturated carbocycles. The third-order valence-electron chi connectivity index (χ3n) is 12.1. The van der Waals surface area contributed by atoms with Gasteiger partial charge in [-0.2, -0.15) is 28.2 Å². The number of sulfonamides is 2. The van der Waals surface area contributed by atoms with Gasteiger partial charge in [-0.3, -0.25) is 0 Å². The Balaban J connectivity index is 1.40. The Morgan fingerprint density at radius 3 is 1.25 bits per heavy atom. The molecule has 0 bridgehead atoms. The van der Waals surface area contributed by atoms with Crippen LogP contribution in [0.4, 0.5) is 21.0 Å². The molecule has 424 valence electrons. The van der Waals surface area contributed by atoms with E-state index in [9.17, 15) is 46.0 Å². The number of carbonyl (C=O) groups excluding carboxylic acids is 2. The second-order valence-electron chi connectivity index (χ2n) is 19.6. The minimum atomic E-state index is -5.71. The number of nitrogens with zero attached hydrogens (tertiary/aromatic N) is 2. The predicted octanol–water partition coefficient (Wildman–Crippen LogP) is 5.21. The summed E-state index contributed by atoms with van der Waals surface area (Å²) in [5.41, 5.74) is 13.5. The number of carbonyl (C=O) groups is 2. The number of hydrogen-bond donors (Lipinski definition) is 8. The van der Waals surface area contributed by atoms with Crippen molar-refractivity contribution in [1.82, 2.24) is 19.2 Å². The van der Waals surface area contributed by atoms with Crippen LogP contribution >= 0.6 is 16.3 Å². The van der Waals surface area contributed by atoms with Crippen molar-refractivity contribution >= 4 is 59.9 Å². The van der Waals surface area contributed by atoms with E-state index in [4.69, 9.17) is 43.8 Å². The van der Waals surface area contributed by atoms with Gasteiger partial charge in [-0.25, -0.2) is 26.4 Å². The van der Waals surface area contributed by atoms with E-state index in [0.717, 1.165) is 8.61 Å². The van der Waals surface area contributed by atoms with Crippen molar-refractivity contribution in [2.75, 3.05) is 64.1 Å². The van der Waals surface area contributed by atoms with Gasteiger partial charge in [0.1, 0.15) is 24.4 Å². The monoisotopic (exact) mass is 1150 g/mol. The van der Waals surface area contributed by atoms with Gasteiger partial charge in [0.05, 0.1) is 52.6 Å². The van der Waals surface area contributed by atoms with Crippen LogP contribution in [-0.4, -0.2) is 146 Å². The number of hydrogen-bond acceptors (Lipinski definition) is 19. The van der Waals surface area contributed by atoms with Gasteiger partial charge in [-0.1, -0.05) is 88.4 Å². The Labute approximate surface area is 451 Å². The lowest BCUT2D eigenvalue weighted by molar-refractivity contribution is 0.0287. The average molecular weight is 1160 g/mol. The molecule has 10 N–H and O–H groups in total. The largest absolute Gasteiger partial charge is 0.620 e. The van der Waals surface area contributed by atoms with Gasteiger partial charge < -0.3 is 41.0 Å². The van der Waals surface area contributed by atoms with Crippen molar-refractivity contribution in [3.63, 3.8) is 0 Å². The van der Waals surface area contributed by atoms with Crippen LogP contribution in [0.2, 0.25) is 0 Å². The molecule has 6 atom stereocenters. The lowest BCUT2D eigenvalue weighted by Crippen LogP contribution is -2.53. The molecule has 4 aromatic rings. The van der Waals surface area contributed by atoms with Gasteiger partial charge >= 0.3 is 28.5 Å². The molecule has 2 heterocycles. The maximum atomic E-state index is 14.5. The van der Waals surface area contributed by atoms with Crippen LogP contribution < -0.4 is 22.1 Å². The second kappa shape index (κ2) is 28.0. The van der Waals surface area contributed by atoms with E-state index in [2.05, 4.69) is 10.6 Å². The van der Waals surface area contributed by atoms with Gasteiger partial charge in [0.2, 0.25) is 20.0 Å². The summed E-state index contributed by atoms with van der Waals surface area (Å²) < 4.78 is 99.4. The van der Waals surface area contributed by atoms with E-state index in [1.54, 1.807) is 88.4 Å². The zero-order valence-corrected chi connectivity index (χ0v) is 46.8. The number of rotatable bonds is 28. The Bertz CT molecular complexity index is 2520. The van der Waals surface area contributed by atoms with E-state index in [1.165, 1.54) is 48.5 Å². The molecule has 0 radical (unpaired) electrons. The SMILES string of the molecule is CC(C)CN(C[C@H](O[P+](O)(O)O[P+](O)(O)O[C@H](CN(CC(C)C)S(=O)(=O)c1ccc(N)cc1)[C@H](Cc1ccccc1)NC(=O)O[C@H]1CCOC1)[C@H](Cc1ccccc1)NC(=O)O[C@H]1CCOC1)S(=O)(=O)c1ccc(N)cc1. The molecule has 2 saturated heterocycles. The molecule has 0 unspecified atom stereocenters. The molecule has 27 heteroatoms. The molecular formula is C50H72N6O17P2S2+2. The summed E-state index contributed by atoms with van der Waals surface area (Å²) in [6.07, 6.45) is -6.35. The van der Waals surface area contributed by atoms with Crippen LogP contribution in [0, 0.1) is 11.8 Å². The van der Waals surface area contributed by atoms with Crippen molar-refractivity contribution in [1.29, 1.82) is 0 Å². The summed E-state index contributed by atoms with van der Waals surface area (Å²) in [4.78, 5) is 74.8. The molecule has 6 rings (SSSR count). The van der Waals surface area contributed by atoms with E-state index >= 15 is 0 Å². The van der Waals surface area contributed by atoms with E-state index in [0.29, 0.717) is 37.2 Å². The molecule has 2 amide bonds. The molecule has 23 nitrogen and oxygen atoms in total. The lowest BCUT2D eigenvalue weighted by atomic mass is 10.0. The highest BCUT2D eigenvalue weighted by Crippen LogP contribution is 2.71. The lowest BCUT2D eigenvalue weighted by Gasteiger charge is -2.33. The third-order valence-corrected chi connectivity index (χ3v) is 18.6. The van der Waals surface area contributed by atoms with Crippen LogP contribution in [0.3, 0.4) is 0 Å². The van der Waals surface area contributed by atoms with Gasteiger partial charge in [0.25, 0.3) is 0 Å². The summed E-state index contributed by atoms with van der Waals surface area (Å²) in [5.74, 6) is -0.685. The van der Waals surface area contributed by atoms with Crippen LogP contribution in [-0.2, 0) is 65.2 Å². The maximum Gasteiger partial charge on any atom is 0.620 e. The third kappa shape index (κ3) is 19.3. The molecule has 0 aromatic heterocycles. The number of benzene rings is 4. The second-order valence-corrected chi connectivity index (χ2v) is 26.5. The van der Waals surface area contributed by atoms with Crippen LogP contribution in [0.5, 0.6) is 0 Å². The predicted molar refractivity (Wildman–Crippen MR) is 288 cm³/mol. The molecule has 0 spiro atoms. The summed E-state index contributed by atoms with van der Waals surface area (Å²) in [7, 11) is -20.3. The number of alkyl carbamates (subject to hydrolysis) is 2. The fraction of sp³-hybridized carbons (Fsp3) is 0.480. The van der Waals surface area contributed by atoms with Gasteiger partial charge in [-0.15, -0.1) is 9.05 Å². The van der Waals surface area contributed by atoms with E-state index in [1.807, 2.05) is 0 Å². The number of nitrogen functional groups attached to an aromatic ring is 2. The molecule has 0 aliphatic carbocycles. The van der Waals surface area contributed by atoms with E-state index < -0.39 is 98.2 Å². The molecule has 2 fully saturated rings. The van der Waals surface area contributed by atoms with Crippen LogP contribution in [0.25, 0.3) is 0 Å². The van der Waals surface area contributed by atoms with Gasteiger partial charge in [0, 0.05) is 50.4 Å². The first kappa shape index (κ1) is 61.6. The first-order valence-electron chi connectivity index (χ1n) is 25.0. The average Bonchev–Trinajstić information content (AvgIpc) is 4.08. The number of nitrogens with one attached hydrogen (secondary N) is 2. The van der Waals surface area contributed by atoms with Crippen molar-refractivity contribution in [2.45, 2.75) is 99.7 Å². The molecular weight excluding hydrogens is 1080 g/mol. The quantitative estimate of drug-likeness (QED) is 0.0267. The molecule has 2 aliphatic rings. The minimum absolute atomic E-state index is 0.106. The highest BCUT2D eigenvalue weighted by molar-refractivity contribution is 7.89. The number of amides is 2.